The molecule has 0 saturated heterocycles. The molecule has 0 aliphatic carbocycles. The number of ether oxygens (including phenoxy) is 1. The van der Waals surface area contributed by atoms with Gasteiger partial charge in [0.15, 0.2) is 0 Å². The van der Waals surface area contributed by atoms with E-state index in [0.29, 0.717) is 17.3 Å². The van der Waals surface area contributed by atoms with Gasteiger partial charge < -0.3 is 14.3 Å². The number of methoxy groups -OCH3 is 1. The van der Waals surface area contributed by atoms with Crippen LogP contribution in [-0.2, 0) is 11.2 Å². The van der Waals surface area contributed by atoms with Crippen LogP contribution in [0.2, 0.25) is 0 Å². The third-order valence-electron chi connectivity index (χ3n) is 2.61. The van der Waals surface area contributed by atoms with Crippen molar-refractivity contribution >= 4 is 5.97 Å². The molecule has 1 N–H and O–H groups in total. The molecule has 0 aliphatic heterocycles. The molecule has 0 radical (unpaired) electrons. The van der Waals surface area contributed by atoms with E-state index in [1.165, 1.54) is 0 Å². The van der Waals surface area contributed by atoms with Crippen LogP contribution in [0.25, 0.3) is 11.3 Å². The van der Waals surface area contributed by atoms with E-state index in [-0.39, 0.29) is 6.42 Å². The van der Waals surface area contributed by atoms with Crippen LogP contribution in [0.5, 0.6) is 5.75 Å². The summed E-state index contributed by atoms with van der Waals surface area (Å²) in [6, 6.07) is 9.19. The van der Waals surface area contributed by atoms with Gasteiger partial charge in [-0.3, -0.25) is 4.79 Å². The van der Waals surface area contributed by atoms with Crippen molar-refractivity contribution in [2.75, 3.05) is 7.11 Å². The number of aliphatic carboxylic acids is 1. The molecule has 0 saturated carbocycles. The van der Waals surface area contributed by atoms with Crippen molar-refractivity contribution < 1.29 is 19.1 Å². The molecular formula is C14H14O4. The van der Waals surface area contributed by atoms with Crippen molar-refractivity contribution in [3.63, 3.8) is 0 Å². The van der Waals surface area contributed by atoms with E-state index in [9.17, 15) is 4.79 Å². The van der Waals surface area contributed by atoms with E-state index in [2.05, 4.69) is 0 Å². The van der Waals surface area contributed by atoms with Gasteiger partial charge >= 0.3 is 5.97 Å². The fourth-order valence-corrected chi connectivity index (χ4v) is 1.78. The van der Waals surface area contributed by atoms with E-state index < -0.39 is 5.97 Å². The Morgan fingerprint density at radius 1 is 1.33 bits per heavy atom. The molecule has 2 rings (SSSR count). The quantitative estimate of drug-likeness (QED) is 0.901. The third kappa shape index (κ3) is 2.53. The molecule has 0 aliphatic rings. The average Bonchev–Trinajstić information content (AvgIpc) is 2.76. The van der Waals surface area contributed by atoms with E-state index in [0.717, 1.165) is 11.1 Å². The molecule has 0 amide bonds. The Kier molecular flexibility index (Phi) is 3.37. The lowest BCUT2D eigenvalue weighted by atomic mass is 10.1. The number of furan rings is 1. The highest BCUT2D eigenvalue weighted by Gasteiger charge is 2.12. The topological polar surface area (TPSA) is 59.7 Å². The van der Waals surface area contributed by atoms with Crippen molar-refractivity contribution in [3.8, 4) is 17.1 Å². The molecule has 4 heteroatoms. The average molecular weight is 246 g/mol. The summed E-state index contributed by atoms with van der Waals surface area (Å²) >= 11 is 0. The highest BCUT2D eigenvalue weighted by Crippen LogP contribution is 2.32. The molecule has 94 valence electrons. The summed E-state index contributed by atoms with van der Waals surface area (Å²) in [5, 5.41) is 8.71. The molecule has 2 aromatic rings. The summed E-state index contributed by atoms with van der Waals surface area (Å²) in [6.07, 6.45) is -0.117. The lowest BCUT2D eigenvalue weighted by Crippen LogP contribution is -1.97. The third-order valence-corrected chi connectivity index (χ3v) is 2.61. The van der Waals surface area contributed by atoms with Gasteiger partial charge in [0.2, 0.25) is 0 Å². The second kappa shape index (κ2) is 4.96. The molecule has 0 spiro atoms. The van der Waals surface area contributed by atoms with Gasteiger partial charge in [0, 0.05) is 0 Å². The normalized spacial score (nSPS) is 10.3. The predicted octanol–water partition coefficient (Wildman–Crippen LogP) is 2.89. The Morgan fingerprint density at radius 2 is 2.11 bits per heavy atom. The van der Waals surface area contributed by atoms with Crippen molar-refractivity contribution in [1.82, 2.24) is 0 Å². The lowest BCUT2D eigenvalue weighted by molar-refractivity contribution is -0.136. The number of carboxylic acids is 1. The minimum absolute atomic E-state index is 0.117. The first-order chi connectivity index (χ1) is 8.60. The first-order valence-electron chi connectivity index (χ1n) is 5.55. The van der Waals surface area contributed by atoms with Crippen LogP contribution < -0.4 is 4.74 Å². The summed E-state index contributed by atoms with van der Waals surface area (Å²) in [5.74, 6) is 0.844. The van der Waals surface area contributed by atoms with Crippen LogP contribution in [0.3, 0.4) is 0 Å². The molecule has 1 aromatic carbocycles. The van der Waals surface area contributed by atoms with Gasteiger partial charge in [-0.1, -0.05) is 11.6 Å². The summed E-state index contributed by atoms with van der Waals surface area (Å²) in [6.45, 7) is 1.98. The van der Waals surface area contributed by atoms with Gasteiger partial charge in [-0.15, -0.1) is 0 Å². The molecular weight excluding hydrogens is 232 g/mol. The number of rotatable bonds is 4. The SMILES string of the molecule is COc1ccc(C)cc1-c1ccc(CC(=O)O)o1. The summed E-state index contributed by atoms with van der Waals surface area (Å²) in [5.41, 5.74) is 1.91. The van der Waals surface area contributed by atoms with Gasteiger partial charge in [0.25, 0.3) is 0 Å². The first-order valence-corrected chi connectivity index (χ1v) is 5.55. The van der Waals surface area contributed by atoms with Crippen molar-refractivity contribution in [2.24, 2.45) is 0 Å². The maximum absolute atomic E-state index is 10.6. The van der Waals surface area contributed by atoms with Crippen molar-refractivity contribution in [2.45, 2.75) is 13.3 Å². The van der Waals surface area contributed by atoms with E-state index in [4.69, 9.17) is 14.3 Å². The van der Waals surface area contributed by atoms with Crippen molar-refractivity contribution in [3.05, 3.63) is 41.7 Å². The Bertz CT molecular complexity index is 569. The number of carbonyl (C=O) groups is 1. The lowest BCUT2D eigenvalue weighted by Gasteiger charge is -2.06. The predicted molar refractivity (Wildman–Crippen MR) is 66.8 cm³/mol. The largest absolute Gasteiger partial charge is 0.496 e. The minimum atomic E-state index is -0.910. The number of hydrogen-bond donors (Lipinski definition) is 1. The standard InChI is InChI=1S/C14H14O4/c1-9-3-5-12(17-2)11(7-9)13-6-4-10(18-13)8-14(15)16/h3-7H,8H2,1-2H3,(H,15,16). The fraction of sp³-hybridized carbons (Fsp3) is 0.214. The maximum Gasteiger partial charge on any atom is 0.311 e. The Labute approximate surface area is 105 Å². The van der Waals surface area contributed by atoms with Crippen molar-refractivity contribution in [1.29, 1.82) is 0 Å². The second-order valence-corrected chi connectivity index (χ2v) is 4.04. The van der Waals surface area contributed by atoms with Gasteiger partial charge in [0.05, 0.1) is 12.7 Å². The zero-order chi connectivity index (χ0) is 13.1. The fourth-order valence-electron chi connectivity index (χ4n) is 1.78. The summed E-state index contributed by atoms with van der Waals surface area (Å²) in [4.78, 5) is 10.6. The Morgan fingerprint density at radius 3 is 2.78 bits per heavy atom. The van der Waals surface area contributed by atoms with E-state index >= 15 is 0 Å². The Hall–Kier alpha value is -2.23. The summed E-state index contributed by atoms with van der Waals surface area (Å²) < 4.78 is 10.8. The van der Waals surface area contributed by atoms with E-state index in [1.807, 2.05) is 25.1 Å². The molecule has 0 atom stereocenters. The van der Waals surface area contributed by atoms with Gasteiger partial charge in [-0.05, 0) is 31.2 Å². The van der Waals surface area contributed by atoms with Gasteiger partial charge in [-0.25, -0.2) is 0 Å². The van der Waals surface area contributed by atoms with Crippen LogP contribution in [0.15, 0.2) is 34.7 Å². The molecule has 1 heterocycles. The Balaban J connectivity index is 2.38. The highest BCUT2D eigenvalue weighted by atomic mass is 16.5. The molecule has 4 nitrogen and oxygen atoms in total. The molecule has 18 heavy (non-hydrogen) atoms. The van der Waals surface area contributed by atoms with Crippen LogP contribution >= 0.6 is 0 Å². The number of carboxylic acid groups (broad SMARTS) is 1. The van der Waals surface area contributed by atoms with Crippen LogP contribution in [0.1, 0.15) is 11.3 Å². The molecule has 0 unspecified atom stereocenters. The molecule has 1 aromatic heterocycles. The number of aryl methyl sites for hydroxylation is 1. The molecule has 0 bridgehead atoms. The maximum atomic E-state index is 10.6. The number of benzene rings is 1. The zero-order valence-corrected chi connectivity index (χ0v) is 10.3. The number of hydrogen-bond acceptors (Lipinski definition) is 3. The van der Waals surface area contributed by atoms with Crippen LogP contribution in [0.4, 0.5) is 0 Å². The van der Waals surface area contributed by atoms with Gasteiger partial charge in [0.1, 0.15) is 23.7 Å². The molecule has 0 fully saturated rings. The van der Waals surface area contributed by atoms with Crippen LogP contribution in [-0.4, -0.2) is 18.2 Å². The highest BCUT2D eigenvalue weighted by molar-refractivity contribution is 5.71. The summed E-state index contributed by atoms with van der Waals surface area (Å²) in [7, 11) is 1.59. The smallest absolute Gasteiger partial charge is 0.311 e. The minimum Gasteiger partial charge on any atom is -0.496 e. The first kappa shape index (κ1) is 12.2. The van der Waals surface area contributed by atoms with Crippen LogP contribution in [0, 0.1) is 6.92 Å². The monoisotopic (exact) mass is 246 g/mol. The van der Waals surface area contributed by atoms with E-state index in [1.54, 1.807) is 19.2 Å². The van der Waals surface area contributed by atoms with Gasteiger partial charge in [-0.2, -0.15) is 0 Å². The zero-order valence-electron chi connectivity index (χ0n) is 10.3. The second-order valence-electron chi connectivity index (χ2n) is 4.04.